The summed E-state index contributed by atoms with van der Waals surface area (Å²) >= 11 is 0. The first-order valence-electron chi connectivity index (χ1n) is 13.2. The Labute approximate surface area is 235 Å². The number of hydrogen-bond donors (Lipinski definition) is 4. The van der Waals surface area contributed by atoms with Crippen molar-refractivity contribution in [1.82, 2.24) is 10.6 Å². The predicted octanol–water partition coefficient (Wildman–Crippen LogP) is 0.435. The topological polar surface area (TPSA) is 197 Å². The van der Waals surface area contributed by atoms with E-state index in [1.807, 2.05) is 0 Å². The van der Waals surface area contributed by atoms with E-state index in [4.69, 9.17) is 43.4 Å². The van der Waals surface area contributed by atoms with Crippen molar-refractivity contribution in [2.75, 3.05) is 85.8 Å². The third-order valence-corrected chi connectivity index (χ3v) is 4.43. The van der Waals surface area contributed by atoms with Gasteiger partial charge in [0.1, 0.15) is 5.60 Å². The van der Waals surface area contributed by atoms with E-state index < -0.39 is 29.7 Å². The molecule has 0 fully saturated rings. The predicted molar refractivity (Wildman–Crippen MR) is 140 cm³/mol. The van der Waals surface area contributed by atoms with Gasteiger partial charge in [0, 0.05) is 13.0 Å². The summed E-state index contributed by atoms with van der Waals surface area (Å²) in [5.74, 6) is -2.31. The molecule has 0 atom stereocenters. The Morgan fingerprint density at radius 1 is 0.625 bits per heavy atom. The van der Waals surface area contributed by atoms with Crippen LogP contribution in [-0.2, 0) is 47.5 Å². The molecule has 40 heavy (non-hydrogen) atoms. The van der Waals surface area contributed by atoms with Crippen molar-refractivity contribution in [2.45, 2.75) is 51.7 Å². The van der Waals surface area contributed by atoms with Crippen LogP contribution < -0.4 is 10.6 Å². The molecular weight excluding hydrogens is 536 g/mol. The monoisotopic (exact) mass is 582 g/mol. The molecule has 0 saturated carbocycles. The zero-order valence-corrected chi connectivity index (χ0v) is 23.8. The molecule has 0 aromatic carbocycles. The molecule has 0 bridgehead atoms. The van der Waals surface area contributed by atoms with Crippen LogP contribution in [0.25, 0.3) is 0 Å². The highest BCUT2D eigenvalue weighted by Crippen LogP contribution is 2.06. The molecule has 0 unspecified atom stereocenters. The maximum absolute atomic E-state index is 12.2. The first-order chi connectivity index (χ1) is 19.0. The fourth-order valence-electron chi connectivity index (χ4n) is 2.67. The first kappa shape index (κ1) is 37.4. The van der Waals surface area contributed by atoms with Crippen molar-refractivity contribution < 1.29 is 62.5 Å². The lowest BCUT2D eigenvalue weighted by atomic mass is 10.2. The second kappa shape index (κ2) is 24.3. The normalized spacial score (nSPS) is 11.4. The van der Waals surface area contributed by atoms with Gasteiger partial charge >= 0.3 is 18.0 Å². The van der Waals surface area contributed by atoms with Gasteiger partial charge in [-0.1, -0.05) is 0 Å². The van der Waals surface area contributed by atoms with E-state index >= 15 is 0 Å². The van der Waals surface area contributed by atoms with Gasteiger partial charge in [0.25, 0.3) is 0 Å². The number of carboxylic acids is 2. The maximum atomic E-state index is 12.2. The van der Waals surface area contributed by atoms with Crippen LogP contribution in [0.4, 0.5) is 4.79 Å². The third-order valence-electron chi connectivity index (χ3n) is 4.43. The van der Waals surface area contributed by atoms with E-state index in [0.717, 1.165) is 0 Å². The Bertz CT molecular complexity index is 679. The Morgan fingerprint density at radius 3 is 1.50 bits per heavy atom. The van der Waals surface area contributed by atoms with Gasteiger partial charge in [0.2, 0.25) is 5.91 Å². The van der Waals surface area contributed by atoms with Crippen LogP contribution >= 0.6 is 0 Å². The highest BCUT2D eigenvalue weighted by Gasteiger charge is 2.16. The molecule has 0 aromatic heterocycles. The summed E-state index contributed by atoms with van der Waals surface area (Å²) in [6.07, 6.45) is -0.752. The smallest absolute Gasteiger partial charge is 0.407 e. The standard InChI is InChI=1S/C25H46N2O13/c1-25(2,3)40-24(33)26-7-11-35-13-15-37-17-16-36-14-12-34-8-4-21(28)27-20(18-38-9-5-22(29)30)19-39-10-6-23(31)32/h20H,4-19H2,1-3H3,(H,26,33)(H,27,28)(H,29,30)(H,31,32). The van der Waals surface area contributed by atoms with Crippen molar-refractivity contribution in [3.05, 3.63) is 0 Å². The minimum atomic E-state index is -1.00. The van der Waals surface area contributed by atoms with Gasteiger partial charge in [-0.05, 0) is 20.8 Å². The molecular formula is C25H46N2O13. The second-order valence-electron chi connectivity index (χ2n) is 9.33. The zero-order chi connectivity index (χ0) is 30.1. The van der Waals surface area contributed by atoms with Gasteiger partial charge in [-0.25, -0.2) is 4.79 Å². The largest absolute Gasteiger partial charge is 0.481 e. The molecule has 0 aromatic rings. The summed E-state index contributed by atoms with van der Waals surface area (Å²) in [6, 6.07) is -0.558. The summed E-state index contributed by atoms with van der Waals surface area (Å²) in [5.41, 5.74) is -0.541. The molecule has 0 aliphatic rings. The molecule has 0 aliphatic heterocycles. The van der Waals surface area contributed by atoms with Crippen LogP contribution in [0.3, 0.4) is 0 Å². The lowest BCUT2D eigenvalue weighted by Gasteiger charge is -2.19. The number of carboxylic acid groups (broad SMARTS) is 2. The minimum absolute atomic E-state index is 0.0200. The van der Waals surface area contributed by atoms with Crippen molar-refractivity contribution in [3.63, 3.8) is 0 Å². The van der Waals surface area contributed by atoms with E-state index in [1.54, 1.807) is 20.8 Å². The van der Waals surface area contributed by atoms with Crippen molar-refractivity contribution in [2.24, 2.45) is 0 Å². The Kier molecular flexibility index (Phi) is 22.7. The molecule has 0 aliphatic carbocycles. The number of aliphatic carboxylic acids is 2. The molecule has 4 N–H and O–H groups in total. The third kappa shape index (κ3) is 28.4. The molecule has 0 saturated heterocycles. The molecule has 15 nitrogen and oxygen atoms in total. The van der Waals surface area contributed by atoms with Crippen LogP contribution in [0, 0.1) is 0 Å². The number of rotatable bonds is 26. The number of hydrogen-bond acceptors (Lipinski definition) is 11. The molecule has 0 radical (unpaired) electrons. The number of ether oxygens (including phenoxy) is 7. The molecule has 0 spiro atoms. The van der Waals surface area contributed by atoms with E-state index in [-0.39, 0.29) is 58.2 Å². The SMILES string of the molecule is CC(C)(C)OC(=O)NCCOCCOCCOCCOCCC(=O)NC(COCCC(=O)O)COCCC(=O)O. The van der Waals surface area contributed by atoms with Gasteiger partial charge in [0.05, 0.1) is 98.2 Å². The molecule has 0 heterocycles. The van der Waals surface area contributed by atoms with Gasteiger partial charge in [-0.2, -0.15) is 0 Å². The van der Waals surface area contributed by atoms with Crippen molar-refractivity contribution in [1.29, 1.82) is 0 Å². The number of nitrogens with one attached hydrogen (secondary N) is 2. The Morgan fingerprint density at radius 2 is 1.05 bits per heavy atom. The molecule has 15 heteroatoms. The second-order valence-corrected chi connectivity index (χ2v) is 9.33. The fourth-order valence-corrected chi connectivity index (χ4v) is 2.67. The average Bonchev–Trinajstić information content (AvgIpc) is 2.85. The van der Waals surface area contributed by atoms with E-state index in [1.165, 1.54) is 0 Å². The van der Waals surface area contributed by atoms with E-state index in [9.17, 15) is 19.2 Å². The van der Waals surface area contributed by atoms with Gasteiger partial charge in [0.15, 0.2) is 0 Å². The van der Waals surface area contributed by atoms with Crippen LogP contribution in [0.2, 0.25) is 0 Å². The summed E-state index contributed by atoms with van der Waals surface area (Å²) in [7, 11) is 0. The number of amides is 2. The number of alkyl carbamates (subject to hydrolysis) is 1. The fraction of sp³-hybridized carbons (Fsp3) is 0.840. The number of carbonyl (C=O) groups is 4. The van der Waals surface area contributed by atoms with Crippen LogP contribution in [0.15, 0.2) is 0 Å². The van der Waals surface area contributed by atoms with E-state index in [2.05, 4.69) is 10.6 Å². The van der Waals surface area contributed by atoms with E-state index in [0.29, 0.717) is 52.8 Å². The summed E-state index contributed by atoms with van der Waals surface area (Å²) in [5, 5.41) is 22.6. The van der Waals surface area contributed by atoms with Crippen LogP contribution in [-0.4, -0.2) is 132 Å². The molecule has 234 valence electrons. The Hall–Kier alpha value is -2.56. The van der Waals surface area contributed by atoms with Gasteiger partial charge in [-0.3, -0.25) is 14.4 Å². The first-order valence-corrected chi connectivity index (χ1v) is 13.2. The lowest BCUT2D eigenvalue weighted by Crippen LogP contribution is -2.42. The van der Waals surface area contributed by atoms with Gasteiger partial charge in [-0.15, -0.1) is 0 Å². The average molecular weight is 583 g/mol. The van der Waals surface area contributed by atoms with Crippen molar-refractivity contribution in [3.8, 4) is 0 Å². The van der Waals surface area contributed by atoms with Crippen LogP contribution in [0.1, 0.15) is 40.0 Å². The molecule has 0 rings (SSSR count). The summed E-state index contributed by atoms with van der Waals surface area (Å²) in [4.78, 5) is 44.8. The van der Waals surface area contributed by atoms with Gasteiger partial charge < -0.3 is 54.0 Å². The molecule has 2 amide bonds. The Balaban J connectivity index is 3.71. The minimum Gasteiger partial charge on any atom is -0.481 e. The quantitative estimate of drug-likeness (QED) is 0.103. The zero-order valence-electron chi connectivity index (χ0n) is 23.8. The highest BCUT2D eigenvalue weighted by molar-refractivity contribution is 5.76. The van der Waals surface area contributed by atoms with Crippen LogP contribution in [0.5, 0.6) is 0 Å². The lowest BCUT2D eigenvalue weighted by molar-refractivity contribution is -0.139. The number of carbonyl (C=O) groups excluding carboxylic acids is 2. The summed E-state index contributed by atoms with van der Waals surface area (Å²) < 4.78 is 37.1. The highest BCUT2D eigenvalue weighted by atomic mass is 16.6. The van der Waals surface area contributed by atoms with Crippen molar-refractivity contribution >= 4 is 23.9 Å². The summed E-state index contributed by atoms with van der Waals surface area (Å²) in [6.45, 7) is 8.37. The maximum Gasteiger partial charge on any atom is 0.407 e.